The smallest absolute Gasteiger partial charge is 0.239 e. The molecule has 0 bridgehead atoms. The monoisotopic (exact) mass is 353 g/mol. The fourth-order valence-corrected chi connectivity index (χ4v) is 2.47. The molecular weight excluding hydrogens is 326 g/mol. The molecule has 2 N–H and O–H groups in total. The number of nitrogens with one attached hydrogen (secondary N) is 2. The van der Waals surface area contributed by atoms with E-state index in [4.69, 9.17) is 0 Å². The van der Waals surface area contributed by atoms with E-state index in [0.717, 1.165) is 22.5 Å². The van der Waals surface area contributed by atoms with E-state index < -0.39 is 5.41 Å². The van der Waals surface area contributed by atoms with Gasteiger partial charge in [-0.05, 0) is 63.6 Å². The first-order chi connectivity index (χ1) is 12.1. The molecule has 5 heteroatoms. The molecule has 0 atom stereocenters. The van der Waals surface area contributed by atoms with Gasteiger partial charge < -0.3 is 15.5 Å². The summed E-state index contributed by atoms with van der Waals surface area (Å²) in [6.07, 6.45) is 0. The summed E-state index contributed by atoms with van der Waals surface area (Å²) in [4.78, 5) is 27.3. The van der Waals surface area contributed by atoms with Crippen molar-refractivity contribution in [3.63, 3.8) is 0 Å². The predicted molar refractivity (Wildman–Crippen MR) is 108 cm³/mol. The van der Waals surface area contributed by atoms with Crippen molar-refractivity contribution in [2.24, 2.45) is 5.41 Å². The molecule has 0 fully saturated rings. The molecule has 0 aliphatic rings. The van der Waals surface area contributed by atoms with Crippen molar-refractivity contribution in [1.82, 2.24) is 0 Å². The van der Waals surface area contributed by atoms with Crippen molar-refractivity contribution < 1.29 is 9.59 Å². The van der Waals surface area contributed by atoms with Crippen LogP contribution < -0.4 is 15.5 Å². The summed E-state index contributed by atoms with van der Waals surface area (Å²) in [6.45, 7) is 7.17. The van der Waals surface area contributed by atoms with Crippen molar-refractivity contribution in [3.8, 4) is 0 Å². The zero-order chi connectivity index (χ0) is 19.5. The summed E-state index contributed by atoms with van der Waals surface area (Å²) < 4.78 is 0. The van der Waals surface area contributed by atoms with E-state index in [1.807, 2.05) is 75.3 Å². The average molecular weight is 353 g/mol. The maximum Gasteiger partial charge on any atom is 0.239 e. The van der Waals surface area contributed by atoms with E-state index in [1.165, 1.54) is 0 Å². The van der Waals surface area contributed by atoms with Gasteiger partial charge in [0.15, 0.2) is 0 Å². The van der Waals surface area contributed by atoms with Crippen molar-refractivity contribution in [3.05, 3.63) is 53.6 Å². The van der Waals surface area contributed by atoms with Crippen LogP contribution in [-0.2, 0) is 9.59 Å². The number of amides is 2. The highest BCUT2D eigenvalue weighted by Crippen LogP contribution is 2.24. The van der Waals surface area contributed by atoms with E-state index in [9.17, 15) is 9.59 Å². The standard InChI is InChI=1S/C21H27N3O2/c1-14-7-12-18(15(2)13-14)23-20(26)21(3,4)19(25)22-16-8-10-17(11-9-16)24(5)6/h7-13H,1-6H3,(H,22,25)(H,23,26). The molecule has 0 saturated carbocycles. The molecule has 0 aliphatic heterocycles. The molecule has 0 aromatic heterocycles. The average Bonchev–Trinajstić information content (AvgIpc) is 2.57. The van der Waals surface area contributed by atoms with E-state index >= 15 is 0 Å². The lowest BCUT2D eigenvalue weighted by Crippen LogP contribution is -2.41. The van der Waals surface area contributed by atoms with Crippen LogP contribution >= 0.6 is 0 Å². The number of aryl methyl sites for hydroxylation is 2. The van der Waals surface area contributed by atoms with Crippen LogP contribution in [0.25, 0.3) is 0 Å². The minimum atomic E-state index is -1.21. The molecule has 138 valence electrons. The van der Waals surface area contributed by atoms with Crippen molar-refractivity contribution in [1.29, 1.82) is 0 Å². The Morgan fingerprint density at radius 2 is 1.46 bits per heavy atom. The Balaban J connectivity index is 2.09. The fourth-order valence-electron chi connectivity index (χ4n) is 2.47. The largest absolute Gasteiger partial charge is 0.378 e. The van der Waals surface area contributed by atoms with Crippen LogP contribution in [0.15, 0.2) is 42.5 Å². The molecule has 2 aromatic rings. The van der Waals surface area contributed by atoms with Crippen LogP contribution in [0, 0.1) is 19.3 Å². The minimum absolute atomic E-state index is 0.341. The van der Waals surface area contributed by atoms with Crippen LogP contribution in [0.2, 0.25) is 0 Å². The van der Waals surface area contributed by atoms with Gasteiger partial charge in [0.1, 0.15) is 5.41 Å². The van der Waals surface area contributed by atoms with Gasteiger partial charge in [-0.25, -0.2) is 0 Å². The van der Waals surface area contributed by atoms with E-state index in [-0.39, 0.29) is 11.8 Å². The van der Waals surface area contributed by atoms with Gasteiger partial charge in [-0.3, -0.25) is 9.59 Å². The Bertz CT molecular complexity index is 809. The third-order valence-electron chi connectivity index (χ3n) is 4.41. The fraction of sp³-hybridized carbons (Fsp3) is 0.333. The molecule has 0 saturated heterocycles. The maximum absolute atomic E-state index is 12.7. The second-order valence-electron chi connectivity index (χ2n) is 7.29. The number of carbonyl (C=O) groups is 2. The lowest BCUT2D eigenvalue weighted by molar-refractivity contribution is -0.135. The van der Waals surface area contributed by atoms with Gasteiger partial charge in [0, 0.05) is 31.2 Å². The highest BCUT2D eigenvalue weighted by atomic mass is 16.2. The molecular formula is C21H27N3O2. The Kier molecular flexibility index (Phi) is 5.70. The molecule has 0 heterocycles. The van der Waals surface area contributed by atoms with Gasteiger partial charge in [-0.2, -0.15) is 0 Å². The number of benzene rings is 2. The van der Waals surface area contributed by atoms with Gasteiger partial charge in [0.05, 0.1) is 0 Å². The Morgan fingerprint density at radius 3 is 2.00 bits per heavy atom. The molecule has 0 aliphatic carbocycles. The lowest BCUT2D eigenvalue weighted by atomic mass is 9.90. The van der Waals surface area contributed by atoms with Crippen molar-refractivity contribution in [2.75, 3.05) is 29.6 Å². The van der Waals surface area contributed by atoms with Gasteiger partial charge in [-0.1, -0.05) is 17.7 Å². The first-order valence-corrected chi connectivity index (χ1v) is 8.59. The summed E-state index contributed by atoms with van der Waals surface area (Å²) in [5, 5.41) is 5.68. The molecule has 2 amide bonds. The zero-order valence-corrected chi connectivity index (χ0v) is 16.3. The van der Waals surface area contributed by atoms with E-state index in [1.54, 1.807) is 13.8 Å². The third-order valence-corrected chi connectivity index (χ3v) is 4.41. The molecule has 2 rings (SSSR count). The van der Waals surface area contributed by atoms with E-state index in [0.29, 0.717) is 5.69 Å². The Labute approximate surface area is 155 Å². The van der Waals surface area contributed by atoms with Gasteiger partial charge in [0.25, 0.3) is 0 Å². The number of hydrogen-bond donors (Lipinski definition) is 2. The lowest BCUT2D eigenvalue weighted by Gasteiger charge is -2.23. The highest BCUT2D eigenvalue weighted by Gasteiger charge is 2.36. The summed E-state index contributed by atoms with van der Waals surface area (Å²) in [5.74, 6) is -0.691. The number of anilines is 3. The quantitative estimate of drug-likeness (QED) is 0.800. The Hall–Kier alpha value is -2.82. The molecule has 0 radical (unpaired) electrons. The Morgan fingerprint density at radius 1 is 0.885 bits per heavy atom. The SMILES string of the molecule is Cc1ccc(NC(=O)C(C)(C)C(=O)Nc2ccc(N(C)C)cc2)c(C)c1. The predicted octanol–water partition coefficient (Wildman–Crippen LogP) is 3.97. The molecule has 2 aromatic carbocycles. The van der Waals surface area contributed by atoms with E-state index in [2.05, 4.69) is 10.6 Å². The molecule has 0 spiro atoms. The second kappa shape index (κ2) is 7.60. The highest BCUT2D eigenvalue weighted by molar-refractivity contribution is 6.14. The topological polar surface area (TPSA) is 61.4 Å². The normalized spacial score (nSPS) is 11.0. The number of carbonyl (C=O) groups excluding carboxylic acids is 2. The third kappa shape index (κ3) is 4.42. The van der Waals surface area contributed by atoms with Crippen LogP contribution in [-0.4, -0.2) is 25.9 Å². The first kappa shape index (κ1) is 19.5. The summed E-state index contributed by atoms with van der Waals surface area (Å²) in [7, 11) is 3.90. The minimum Gasteiger partial charge on any atom is -0.378 e. The van der Waals surface area contributed by atoms with Crippen molar-refractivity contribution >= 4 is 28.9 Å². The van der Waals surface area contributed by atoms with Crippen LogP contribution in [0.1, 0.15) is 25.0 Å². The number of rotatable bonds is 5. The van der Waals surface area contributed by atoms with Gasteiger partial charge in [-0.15, -0.1) is 0 Å². The number of hydrogen-bond acceptors (Lipinski definition) is 3. The van der Waals surface area contributed by atoms with Gasteiger partial charge >= 0.3 is 0 Å². The molecule has 26 heavy (non-hydrogen) atoms. The number of nitrogens with zero attached hydrogens (tertiary/aromatic N) is 1. The molecule has 0 unspecified atom stereocenters. The van der Waals surface area contributed by atoms with Crippen molar-refractivity contribution in [2.45, 2.75) is 27.7 Å². The van der Waals surface area contributed by atoms with Crippen LogP contribution in [0.5, 0.6) is 0 Å². The summed E-state index contributed by atoms with van der Waals surface area (Å²) in [5.41, 5.74) is 3.30. The van der Waals surface area contributed by atoms with Gasteiger partial charge in [0.2, 0.25) is 11.8 Å². The molecule has 5 nitrogen and oxygen atoms in total. The summed E-state index contributed by atoms with van der Waals surface area (Å²) in [6, 6.07) is 13.3. The summed E-state index contributed by atoms with van der Waals surface area (Å²) >= 11 is 0. The zero-order valence-electron chi connectivity index (χ0n) is 16.3. The first-order valence-electron chi connectivity index (χ1n) is 8.59. The van der Waals surface area contributed by atoms with Crippen LogP contribution in [0.4, 0.5) is 17.1 Å². The van der Waals surface area contributed by atoms with Crippen LogP contribution in [0.3, 0.4) is 0 Å². The maximum atomic E-state index is 12.7. The second-order valence-corrected chi connectivity index (χ2v) is 7.29.